The van der Waals surface area contributed by atoms with Crippen LogP contribution in [0.5, 0.6) is 11.5 Å². The van der Waals surface area contributed by atoms with Gasteiger partial charge in [0.1, 0.15) is 11.5 Å². The molecule has 0 fully saturated rings. The van der Waals surface area contributed by atoms with Gasteiger partial charge in [-0.25, -0.2) is 0 Å². The van der Waals surface area contributed by atoms with E-state index in [2.05, 4.69) is 32.8 Å². The van der Waals surface area contributed by atoms with Crippen molar-refractivity contribution >= 4 is 27.3 Å². The molecule has 1 aromatic heterocycles. The van der Waals surface area contributed by atoms with Crippen LogP contribution in [0.2, 0.25) is 0 Å². The maximum Gasteiger partial charge on any atom is 0.122 e. The first-order valence-corrected chi connectivity index (χ1v) is 7.47. The number of alkyl halides is 1. The molecule has 96 valence electrons. The van der Waals surface area contributed by atoms with E-state index in [1.807, 2.05) is 18.2 Å². The van der Waals surface area contributed by atoms with Crippen molar-refractivity contribution < 1.29 is 9.47 Å². The number of hydrogen-bond acceptors (Lipinski definition) is 3. The van der Waals surface area contributed by atoms with Crippen molar-refractivity contribution in [1.29, 1.82) is 0 Å². The van der Waals surface area contributed by atoms with Crippen LogP contribution in [0.1, 0.15) is 16.0 Å². The third-order valence-electron chi connectivity index (χ3n) is 2.73. The third-order valence-corrected chi connectivity index (χ3v) is 4.31. The van der Waals surface area contributed by atoms with Gasteiger partial charge in [0.15, 0.2) is 0 Å². The predicted molar refractivity (Wildman–Crippen MR) is 79.2 cm³/mol. The van der Waals surface area contributed by atoms with Crippen LogP contribution in [-0.4, -0.2) is 14.2 Å². The van der Waals surface area contributed by atoms with Crippen LogP contribution < -0.4 is 9.47 Å². The number of rotatable bonds is 5. The number of ether oxygens (including phenoxy) is 2. The molecule has 1 aromatic carbocycles. The van der Waals surface area contributed by atoms with E-state index in [0.717, 1.165) is 23.5 Å². The molecule has 2 aromatic rings. The average Bonchev–Trinajstić information content (AvgIpc) is 2.90. The minimum atomic E-state index is 0.260. The predicted octanol–water partition coefficient (Wildman–Crippen LogP) is 4.44. The van der Waals surface area contributed by atoms with E-state index in [9.17, 15) is 0 Å². The molecule has 18 heavy (non-hydrogen) atoms. The lowest BCUT2D eigenvalue weighted by Gasteiger charge is -2.13. The Balaban J connectivity index is 2.20. The first-order valence-electron chi connectivity index (χ1n) is 5.61. The summed E-state index contributed by atoms with van der Waals surface area (Å²) in [7, 11) is 3.33. The monoisotopic (exact) mass is 326 g/mol. The Kier molecular flexibility index (Phi) is 4.66. The Labute approximate surface area is 120 Å². The van der Waals surface area contributed by atoms with Crippen molar-refractivity contribution in [3.63, 3.8) is 0 Å². The molecule has 1 atom stereocenters. The molecule has 0 radical (unpaired) electrons. The molecule has 0 aliphatic carbocycles. The Morgan fingerprint density at radius 1 is 1.17 bits per heavy atom. The number of thiophene rings is 1. The molecule has 0 saturated heterocycles. The van der Waals surface area contributed by atoms with Gasteiger partial charge in [0, 0.05) is 10.9 Å². The summed E-state index contributed by atoms with van der Waals surface area (Å²) in [6.07, 6.45) is 0.958. The first kappa shape index (κ1) is 13.4. The second-order valence-electron chi connectivity index (χ2n) is 3.95. The highest BCUT2D eigenvalue weighted by molar-refractivity contribution is 9.09. The van der Waals surface area contributed by atoms with Crippen LogP contribution in [0.15, 0.2) is 35.0 Å². The summed E-state index contributed by atoms with van der Waals surface area (Å²) in [6.45, 7) is 0. The van der Waals surface area contributed by atoms with Crippen molar-refractivity contribution in [3.8, 4) is 11.5 Å². The van der Waals surface area contributed by atoms with Crippen LogP contribution >= 0.6 is 27.3 Å². The van der Waals surface area contributed by atoms with Gasteiger partial charge in [-0.15, -0.1) is 0 Å². The molecule has 4 heteroatoms. The highest BCUT2D eigenvalue weighted by atomic mass is 79.9. The van der Waals surface area contributed by atoms with Gasteiger partial charge in [-0.1, -0.05) is 15.9 Å². The Morgan fingerprint density at radius 3 is 2.33 bits per heavy atom. The third kappa shape index (κ3) is 3.27. The van der Waals surface area contributed by atoms with Crippen LogP contribution in [0.4, 0.5) is 0 Å². The molecule has 0 aliphatic rings. The van der Waals surface area contributed by atoms with E-state index in [4.69, 9.17) is 9.47 Å². The molecule has 0 saturated carbocycles. The van der Waals surface area contributed by atoms with E-state index in [0.29, 0.717) is 0 Å². The van der Waals surface area contributed by atoms with Crippen molar-refractivity contribution in [2.75, 3.05) is 14.2 Å². The molecular weight excluding hydrogens is 312 g/mol. The molecule has 0 amide bonds. The van der Waals surface area contributed by atoms with Crippen LogP contribution in [-0.2, 0) is 6.42 Å². The second-order valence-corrected chi connectivity index (χ2v) is 5.83. The maximum absolute atomic E-state index is 5.28. The van der Waals surface area contributed by atoms with Crippen molar-refractivity contribution in [3.05, 3.63) is 46.2 Å². The zero-order valence-corrected chi connectivity index (χ0v) is 12.8. The van der Waals surface area contributed by atoms with Gasteiger partial charge in [0.2, 0.25) is 0 Å². The minimum Gasteiger partial charge on any atom is -0.497 e. The Bertz CT molecular complexity index is 474. The zero-order chi connectivity index (χ0) is 13.0. The highest BCUT2D eigenvalue weighted by Crippen LogP contribution is 2.33. The summed E-state index contributed by atoms with van der Waals surface area (Å²) in [4.78, 5) is 0.260. The first-order chi connectivity index (χ1) is 8.72. The Morgan fingerprint density at radius 2 is 1.83 bits per heavy atom. The summed E-state index contributed by atoms with van der Waals surface area (Å²) >= 11 is 5.45. The van der Waals surface area contributed by atoms with E-state index >= 15 is 0 Å². The summed E-state index contributed by atoms with van der Waals surface area (Å²) in [5.41, 5.74) is 2.50. The molecule has 0 N–H and O–H groups in total. The van der Waals surface area contributed by atoms with Crippen LogP contribution in [0, 0.1) is 0 Å². The molecule has 0 bridgehead atoms. The second kappa shape index (κ2) is 6.25. The maximum atomic E-state index is 5.28. The van der Waals surface area contributed by atoms with Gasteiger partial charge in [0.05, 0.1) is 14.2 Å². The van der Waals surface area contributed by atoms with Gasteiger partial charge in [0.25, 0.3) is 0 Å². The summed E-state index contributed by atoms with van der Waals surface area (Å²) in [6, 6.07) is 8.10. The summed E-state index contributed by atoms with van der Waals surface area (Å²) in [5, 5.41) is 4.27. The van der Waals surface area contributed by atoms with Crippen molar-refractivity contribution in [2.45, 2.75) is 11.2 Å². The largest absolute Gasteiger partial charge is 0.497 e. The number of methoxy groups -OCH3 is 2. The fraction of sp³-hybridized carbons (Fsp3) is 0.286. The number of halogens is 1. The average molecular weight is 327 g/mol. The van der Waals surface area contributed by atoms with Crippen molar-refractivity contribution in [1.82, 2.24) is 0 Å². The fourth-order valence-corrected chi connectivity index (χ4v) is 3.06. The smallest absolute Gasteiger partial charge is 0.122 e. The SMILES string of the molecule is COc1cc(OC)cc(C(Br)Cc2ccsc2)c1. The quantitative estimate of drug-likeness (QED) is 0.756. The van der Waals surface area contributed by atoms with E-state index in [1.54, 1.807) is 25.6 Å². The lowest BCUT2D eigenvalue weighted by Crippen LogP contribution is -1.96. The molecule has 1 unspecified atom stereocenters. The zero-order valence-electron chi connectivity index (χ0n) is 10.4. The Hall–Kier alpha value is -1.00. The van der Waals surface area contributed by atoms with Gasteiger partial charge in [-0.3, -0.25) is 0 Å². The lowest BCUT2D eigenvalue weighted by molar-refractivity contribution is 0.393. The minimum absolute atomic E-state index is 0.260. The van der Waals surface area contributed by atoms with Gasteiger partial charge in [-0.05, 0) is 46.5 Å². The molecular formula is C14H15BrO2S. The van der Waals surface area contributed by atoms with E-state index in [-0.39, 0.29) is 4.83 Å². The normalized spacial score (nSPS) is 12.2. The van der Waals surface area contributed by atoms with Gasteiger partial charge >= 0.3 is 0 Å². The van der Waals surface area contributed by atoms with Crippen LogP contribution in [0.3, 0.4) is 0 Å². The molecule has 0 aliphatic heterocycles. The van der Waals surface area contributed by atoms with Crippen LogP contribution in [0.25, 0.3) is 0 Å². The van der Waals surface area contributed by atoms with E-state index < -0.39 is 0 Å². The van der Waals surface area contributed by atoms with Crippen molar-refractivity contribution in [2.24, 2.45) is 0 Å². The highest BCUT2D eigenvalue weighted by Gasteiger charge is 2.12. The summed E-state index contributed by atoms with van der Waals surface area (Å²) < 4.78 is 10.6. The standard InChI is InChI=1S/C14H15BrO2S/c1-16-12-6-11(7-13(8-12)17-2)14(15)5-10-3-4-18-9-10/h3-4,6-9,14H,5H2,1-2H3. The summed E-state index contributed by atoms with van der Waals surface area (Å²) in [5.74, 6) is 1.64. The number of benzene rings is 1. The molecule has 1 heterocycles. The van der Waals surface area contributed by atoms with E-state index in [1.165, 1.54) is 5.56 Å². The molecule has 2 rings (SSSR count). The topological polar surface area (TPSA) is 18.5 Å². The van der Waals surface area contributed by atoms with Gasteiger partial charge in [-0.2, -0.15) is 11.3 Å². The molecule has 0 spiro atoms. The van der Waals surface area contributed by atoms with Gasteiger partial charge < -0.3 is 9.47 Å². The fourth-order valence-electron chi connectivity index (χ4n) is 1.74. The lowest BCUT2D eigenvalue weighted by atomic mass is 10.1. The number of hydrogen-bond donors (Lipinski definition) is 0. The molecule has 2 nitrogen and oxygen atoms in total.